The van der Waals surface area contributed by atoms with Gasteiger partial charge in [0.05, 0.1) is 29.4 Å². The molecule has 1 amide bonds. The largest absolute Gasteiger partial charge is 0.497 e. The number of amides is 1. The fourth-order valence-electron chi connectivity index (χ4n) is 10.7. The van der Waals surface area contributed by atoms with Crippen molar-refractivity contribution >= 4 is 33.1 Å². The highest BCUT2D eigenvalue weighted by atomic mass is 32.2. The average Bonchev–Trinajstić information content (AvgIpc) is 3.28. The molecule has 3 aromatic carbocycles. The van der Waals surface area contributed by atoms with Crippen LogP contribution in [0.25, 0.3) is 0 Å². The Morgan fingerprint density at radius 2 is 1.71 bits per heavy atom. The lowest BCUT2D eigenvalue weighted by Crippen LogP contribution is -2.60. The van der Waals surface area contributed by atoms with Crippen LogP contribution in [0.1, 0.15) is 111 Å². The highest BCUT2D eigenvalue weighted by Crippen LogP contribution is 2.53. The van der Waals surface area contributed by atoms with Crippen LogP contribution >= 0.6 is 0 Å². The van der Waals surface area contributed by atoms with Gasteiger partial charge >= 0.3 is 5.69 Å². The Bertz CT molecular complexity index is 2480. The van der Waals surface area contributed by atoms with E-state index < -0.39 is 37.0 Å². The van der Waals surface area contributed by atoms with Crippen LogP contribution in [0.4, 0.5) is 21.6 Å². The van der Waals surface area contributed by atoms with Gasteiger partial charge < -0.3 is 20.1 Å². The highest BCUT2D eigenvalue weighted by molar-refractivity contribution is 7.90. The molecule has 3 N–H and O–H groups in total. The standard InChI is InChI=1S/C49H62FN7O7S/c1-33(2)39-9-5-6-10-40(39)45-32-54(31-35-13-14-37(64-4)25-42(35)50)23-24-56(45)36-27-49(28-36)19-21-55(22-20-49)43-12-8-7-11-41(43)47(58)53-65(62,63)38-26-44(57(60)61)46(52-30-38)51-29-34-15-17-48(3,59)18-16-34/h5-14,25-26,30,33-34,36,45,59H,15-24,27-29,31-32H2,1-4H3,(H,51,52)(H,53,58)/t34?,45-,48?/m0/s1. The van der Waals surface area contributed by atoms with Crippen LogP contribution < -0.4 is 19.7 Å². The minimum atomic E-state index is -4.53. The van der Waals surface area contributed by atoms with Crippen molar-refractivity contribution in [2.24, 2.45) is 11.3 Å². The normalized spacial score (nSPS) is 23.0. The SMILES string of the molecule is COc1ccc(CN2CCN(C3CC4(CCN(c5ccccc5C(=O)NS(=O)(=O)c5cnc(NCC6CCC(C)(O)CC6)c([N+](=O)[O-])c5)CC4)C3)[C@H](c3ccccc3C(C)C)C2)c(F)c1. The third-order valence-corrected chi connectivity index (χ3v) is 15.9. The number of nitro groups is 1. The topological polar surface area (TPSA) is 170 Å². The first-order valence-electron chi connectivity index (χ1n) is 22.9. The summed E-state index contributed by atoms with van der Waals surface area (Å²) in [5.74, 6) is -0.0929. The fraction of sp³-hybridized carbons (Fsp3) is 0.510. The molecule has 1 aromatic heterocycles. The molecule has 3 heterocycles. The smallest absolute Gasteiger partial charge is 0.312 e. The van der Waals surface area contributed by atoms with Crippen molar-refractivity contribution in [3.63, 3.8) is 0 Å². The van der Waals surface area contributed by atoms with Crippen LogP contribution in [-0.4, -0.2) is 97.2 Å². The number of para-hydroxylation sites is 1. The lowest BCUT2D eigenvalue weighted by molar-refractivity contribution is -0.384. The fourth-order valence-corrected chi connectivity index (χ4v) is 11.6. The number of carbonyl (C=O) groups is 1. The first-order valence-corrected chi connectivity index (χ1v) is 24.4. The third kappa shape index (κ3) is 10.3. The number of halogens is 1. The molecule has 0 unspecified atom stereocenters. The van der Waals surface area contributed by atoms with Crippen LogP contribution in [0, 0.1) is 27.3 Å². The minimum Gasteiger partial charge on any atom is -0.497 e. The lowest BCUT2D eigenvalue weighted by Gasteiger charge is -2.58. The average molecular weight is 912 g/mol. The molecule has 2 saturated heterocycles. The molecule has 4 aromatic rings. The number of hydrogen-bond donors (Lipinski definition) is 3. The number of nitrogens with zero attached hydrogens (tertiary/aromatic N) is 5. The molecule has 4 aliphatic rings. The van der Waals surface area contributed by atoms with Gasteiger partial charge in [0, 0.05) is 81.3 Å². The zero-order valence-electron chi connectivity index (χ0n) is 37.8. The molecule has 16 heteroatoms. The summed E-state index contributed by atoms with van der Waals surface area (Å²) in [5, 5.41) is 25.3. The van der Waals surface area contributed by atoms with Crippen molar-refractivity contribution in [2.75, 3.05) is 56.6 Å². The Labute approximate surface area is 381 Å². The predicted molar refractivity (Wildman–Crippen MR) is 248 cm³/mol. The number of sulfonamides is 1. The number of aliphatic hydroxyl groups is 1. The van der Waals surface area contributed by atoms with Crippen LogP contribution in [0.3, 0.4) is 0 Å². The maximum atomic E-state index is 15.1. The third-order valence-electron chi connectivity index (χ3n) is 14.6. The summed E-state index contributed by atoms with van der Waals surface area (Å²) in [5.41, 5.74) is 3.10. The number of methoxy groups -OCH3 is 1. The Kier molecular flexibility index (Phi) is 13.5. The van der Waals surface area contributed by atoms with Crippen molar-refractivity contribution in [1.29, 1.82) is 0 Å². The van der Waals surface area contributed by atoms with Crippen LogP contribution in [-0.2, 0) is 16.6 Å². The van der Waals surface area contributed by atoms with E-state index in [1.807, 2.05) is 24.3 Å². The number of hydrogen-bond acceptors (Lipinski definition) is 12. The number of piperazine rings is 1. The molecule has 0 bridgehead atoms. The first-order chi connectivity index (χ1) is 31.0. The number of anilines is 2. The van der Waals surface area contributed by atoms with Crippen molar-refractivity contribution in [1.82, 2.24) is 19.5 Å². The van der Waals surface area contributed by atoms with E-state index in [9.17, 15) is 28.4 Å². The molecular weight excluding hydrogens is 850 g/mol. The maximum Gasteiger partial charge on any atom is 0.312 e. The number of pyridine rings is 1. The summed E-state index contributed by atoms with van der Waals surface area (Å²) < 4.78 is 49.6. The Morgan fingerprint density at radius 3 is 2.40 bits per heavy atom. The molecule has 2 saturated carbocycles. The Balaban J connectivity index is 0.905. The highest BCUT2D eigenvalue weighted by Gasteiger charge is 2.50. The zero-order chi connectivity index (χ0) is 46.1. The molecule has 2 aliphatic carbocycles. The van der Waals surface area contributed by atoms with Gasteiger partial charge in [-0.3, -0.25) is 24.7 Å². The van der Waals surface area contributed by atoms with Gasteiger partial charge in [-0.1, -0.05) is 56.3 Å². The lowest BCUT2D eigenvalue weighted by atomic mass is 9.59. The summed E-state index contributed by atoms with van der Waals surface area (Å²) in [6.07, 6.45) is 7.75. The van der Waals surface area contributed by atoms with Gasteiger partial charge in [0.2, 0.25) is 5.82 Å². The number of aromatic nitrogens is 1. The molecule has 65 heavy (non-hydrogen) atoms. The molecule has 1 atom stereocenters. The molecular formula is C49H62FN7O7S. The van der Waals surface area contributed by atoms with E-state index in [0.29, 0.717) is 68.0 Å². The van der Waals surface area contributed by atoms with Crippen molar-refractivity contribution in [3.8, 4) is 5.75 Å². The van der Waals surface area contributed by atoms with Crippen LogP contribution in [0.2, 0.25) is 0 Å². The second-order valence-corrected chi connectivity index (χ2v) is 21.0. The Morgan fingerprint density at radius 1 is 1.00 bits per heavy atom. The zero-order valence-corrected chi connectivity index (χ0v) is 38.7. The molecule has 4 fully saturated rings. The summed E-state index contributed by atoms with van der Waals surface area (Å²) in [6.45, 7) is 11.1. The molecule has 2 aliphatic heterocycles. The Hall–Kier alpha value is -5.16. The number of ether oxygens (including phenoxy) is 1. The van der Waals surface area contributed by atoms with Gasteiger partial charge in [-0.2, -0.15) is 0 Å². The maximum absolute atomic E-state index is 15.1. The monoisotopic (exact) mass is 911 g/mol. The van der Waals surface area contributed by atoms with Crippen LogP contribution in [0.15, 0.2) is 83.9 Å². The summed E-state index contributed by atoms with van der Waals surface area (Å²) in [7, 11) is -2.99. The molecule has 348 valence electrons. The number of benzene rings is 3. The molecule has 1 spiro atoms. The summed E-state index contributed by atoms with van der Waals surface area (Å²) in [4.78, 5) is 36.0. The number of piperidine rings is 1. The number of carbonyl (C=O) groups excluding carboxylic acids is 1. The number of rotatable bonds is 14. The van der Waals surface area contributed by atoms with Crippen molar-refractivity contribution in [3.05, 3.63) is 117 Å². The number of nitrogens with one attached hydrogen (secondary N) is 2. The summed E-state index contributed by atoms with van der Waals surface area (Å²) in [6, 6.07) is 22.3. The molecule has 14 nitrogen and oxygen atoms in total. The predicted octanol–water partition coefficient (Wildman–Crippen LogP) is 8.04. The van der Waals surface area contributed by atoms with E-state index >= 15 is 4.39 Å². The second-order valence-electron chi connectivity index (χ2n) is 19.3. The van der Waals surface area contributed by atoms with E-state index in [2.05, 4.69) is 67.8 Å². The van der Waals surface area contributed by atoms with E-state index in [4.69, 9.17) is 4.74 Å². The molecule has 0 radical (unpaired) electrons. The van der Waals surface area contributed by atoms with Gasteiger partial charge in [0.1, 0.15) is 16.5 Å². The molecule has 8 rings (SSSR count). The van der Waals surface area contributed by atoms with Gasteiger partial charge in [-0.15, -0.1) is 0 Å². The van der Waals surface area contributed by atoms with Crippen molar-refractivity contribution in [2.45, 2.75) is 107 Å². The first kappa shape index (κ1) is 46.4. The summed E-state index contributed by atoms with van der Waals surface area (Å²) >= 11 is 0. The van der Waals surface area contributed by atoms with Gasteiger partial charge in [-0.25, -0.2) is 22.5 Å². The van der Waals surface area contributed by atoms with E-state index in [-0.39, 0.29) is 34.6 Å². The van der Waals surface area contributed by atoms with Gasteiger partial charge in [0.15, 0.2) is 0 Å². The van der Waals surface area contributed by atoms with E-state index in [0.717, 1.165) is 70.4 Å². The van der Waals surface area contributed by atoms with Gasteiger partial charge in [0.25, 0.3) is 15.9 Å². The van der Waals surface area contributed by atoms with Crippen molar-refractivity contribution < 1.29 is 32.4 Å². The second kappa shape index (κ2) is 19.0. The minimum absolute atomic E-state index is 0.0546. The van der Waals surface area contributed by atoms with E-state index in [1.54, 1.807) is 26.2 Å². The van der Waals surface area contributed by atoms with Gasteiger partial charge in [-0.05, 0) is 105 Å². The van der Waals surface area contributed by atoms with E-state index in [1.165, 1.54) is 17.2 Å². The quantitative estimate of drug-likeness (QED) is 0.0824. The van der Waals surface area contributed by atoms with Crippen LogP contribution in [0.5, 0.6) is 5.75 Å².